The Morgan fingerprint density at radius 2 is 2.06 bits per heavy atom. The maximum Gasteiger partial charge on any atom is 0.159 e. The summed E-state index contributed by atoms with van der Waals surface area (Å²) in [5.74, 6) is -1.57. The van der Waals surface area contributed by atoms with Gasteiger partial charge in [0.25, 0.3) is 0 Å². The molecule has 0 saturated carbocycles. The third-order valence-electron chi connectivity index (χ3n) is 2.35. The first-order valence-corrected chi connectivity index (χ1v) is 5.37. The molecule has 0 saturated heterocycles. The minimum atomic E-state index is -0.791. The first-order chi connectivity index (χ1) is 7.63. The van der Waals surface area contributed by atoms with Gasteiger partial charge in [0, 0.05) is 0 Å². The SMILES string of the molecule is CNCC/C=C(/C)Cc1ccc(F)c(F)c1. The number of benzene rings is 1. The van der Waals surface area contributed by atoms with Crippen molar-refractivity contribution < 1.29 is 8.78 Å². The molecule has 88 valence electrons. The molecule has 0 heterocycles. The molecule has 0 aliphatic heterocycles. The summed E-state index contributed by atoms with van der Waals surface area (Å²) in [4.78, 5) is 0. The van der Waals surface area contributed by atoms with Crippen molar-refractivity contribution in [2.45, 2.75) is 19.8 Å². The Morgan fingerprint density at radius 3 is 2.69 bits per heavy atom. The lowest BCUT2D eigenvalue weighted by Gasteiger charge is -2.03. The average Bonchev–Trinajstić information content (AvgIpc) is 2.24. The molecule has 0 aliphatic rings. The summed E-state index contributed by atoms with van der Waals surface area (Å²) in [6.45, 7) is 2.92. The summed E-state index contributed by atoms with van der Waals surface area (Å²) in [7, 11) is 1.90. The fraction of sp³-hybridized carbons (Fsp3) is 0.385. The lowest BCUT2D eigenvalue weighted by Crippen LogP contribution is -2.06. The highest BCUT2D eigenvalue weighted by Crippen LogP contribution is 2.12. The maximum absolute atomic E-state index is 12.9. The molecule has 0 fully saturated rings. The topological polar surface area (TPSA) is 12.0 Å². The van der Waals surface area contributed by atoms with Gasteiger partial charge in [-0.3, -0.25) is 0 Å². The number of halogens is 2. The lowest BCUT2D eigenvalue weighted by atomic mass is 10.1. The first-order valence-electron chi connectivity index (χ1n) is 5.37. The summed E-state index contributed by atoms with van der Waals surface area (Å²) in [5, 5.41) is 3.05. The van der Waals surface area contributed by atoms with Gasteiger partial charge in [0.1, 0.15) is 0 Å². The van der Waals surface area contributed by atoms with E-state index in [9.17, 15) is 8.78 Å². The van der Waals surface area contributed by atoms with Crippen LogP contribution in [0.4, 0.5) is 8.78 Å². The molecule has 0 radical (unpaired) electrons. The molecular formula is C13H17F2N. The Balaban J connectivity index is 2.59. The first kappa shape index (κ1) is 12.8. The number of allylic oxidation sites excluding steroid dienone is 1. The van der Waals surface area contributed by atoms with E-state index in [1.54, 1.807) is 6.07 Å². The molecule has 1 nitrogen and oxygen atoms in total. The van der Waals surface area contributed by atoms with Crippen LogP contribution in [0.5, 0.6) is 0 Å². The van der Waals surface area contributed by atoms with Crippen LogP contribution in [0.3, 0.4) is 0 Å². The van der Waals surface area contributed by atoms with Crippen molar-refractivity contribution in [3.05, 3.63) is 47.0 Å². The van der Waals surface area contributed by atoms with E-state index < -0.39 is 11.6 Å². The third kappa shape index (κ3) is 4.11. The molecule has 0 bridgehead atoms. The van der Waals surface area contributed by atoms with Crippen molar-refractivity contribution >= 4 is 0 Å². The normalized spacial score (nSPS) is 11.9. The standard InChI is InChI=1S/C13H17F2N/c1-10(4-3-7-16-2)8-11-5-6-12(14)13(15)9-11/h4-6,9,16H,3,7-8H2,1-2H3/b10-4-. The van der Waals surface area contributed by atoms with Crippen LogP contribution in [0.1, 0.15) is 18.9 Å². The zero-order valence-corrected chi connectivity index (χ0v) is 9.69. The summed E-state index contributed by atoms with van der Waals surface area (Å²) in [6.07, 6.45) is 3.73. The van der Waals surface area contributed by atoms with E-state index in [1.165, 1.54) is 17.7 Å². The zero-order valence-electron chi connectivity index (χ0n) is 9.69. The molecule has 3 heteroatoms. The smallest absolute Gasteiger partial charge is 0.159 e. The van der Waals surface area contributed by atoms with Crippen LogP contribution in [0.25, 0.3) is 0 Å². The molecule has 0 aliphatic carbocycles. The second-order valence-electron chi connectivity index (χ2n) is 3.87. The summed E-state index contributed by atoms with van der Waals surface area (Å²) >= 11 is 0. The minimum Gasteiger partial charge on any atom is -0.319 e. The number of rotatable bonds is 5. The van der Waals surface area contributed by atoms with E-state index >= 15 is 0 Å². The average molecular weight is 225 g/mol. The summed E-state index contributed by atoms with van der Waals surface area (Å²) < 4.78 is 25.6. The largest absolute Gasteiger partial charge is 0.319 e. The van der Waals surface area contributed by atoms with Gasteiger partial charge < -0.3 is 5.32 Å². The van der Waals surface area contributed by atoms with Crippen LogP contribution >= 0.6 is 0 Å². The van der Waals surface area contributed by atoms with Gasteiger partial charge >= 0.3 is 0 Å². The van der Waals surface area contributed by atoms with Gasteiger partial charge in [-0.05, 0) is 51.1 Å². The van der Waals surface area contributed by atoms with Crippen molar-refractivity contribution in [2.24, 2.45) is 0 Å². The molecule has 1 aromatic carbocycles. The van der Waals surface area contributed by atoms with Crippen LogP contribution in [0.2, 0.25) is 0 Å². The Bertz CT molecular complexity index is 372. The highest BCUT2D eigenvalue weighted by molar-refractivity contribution is 5.22. The lowest BCUT2D eigenvalue weighted by molar-refractivity contribution is 0.507. The van der Waals surface area contributed by atoms with Gasteiger partial charge in [0.05, 0.1) is 0 Å². The molecule has 16 heavy (non-hydrogen) atoms. The van der Waals surface area contributed by atoms with Gasteiger partial charge in [-0.15, -0.1) is 0 Å². The van der Waals surface area contributed by atoms with E-state index in [4.69, 9.17) is 0 Å². The molecule has 0 unspecified atom stereocenters. The van der Waals surface area contributed by atoms with Gasteiger partial charge in [0.2, 0.25) is 0 Å². The molecular weight excluding hydrogens is 208 g/mol. The molecule has 0 spiro atoms. The number of hydrogen-bond acceptors (Lipinski definition) is 1. The molecule has 1 N–H and O–H groups in total. The highest BCUT2D eigenvalue weighted by atomic mass is 19.2. The van der Waals surface area contributed by atoms with E-state index in [0.29, 0.717) is 6.42 Å². The van der Waals surface area contributed by atoms with Crippen LogP contribution in [-0.4, -0.2) is 13.6 Å². The second kappa shape index (κ2) is 6.38. The summed E-state index contributed by atoms with van der Waals surface area (Å²) in [6, 6.07) is 4.05. The van der Waals surface area contributed by atoms with Gasteiger partial charge in [-0.25, -0.2) is 8.78 Å². The Hall–Kier alpha value is -1.22. The predicted octanol–water partition coefficient (Wildman–Crippen LogP) is 3.06. The van der Waals surface area contributed by atoms with E-state index in [2.05, 4.69) is 11.4 Å². The Kier molecular flexibility index (Phi) is 5.12. The van der Waals surface area contributed by atoms with E-state index in [-0.39, 0.29) is 0 Å². The van der Waals surface area contributed by atoms with Gasteiger partial charge in [-0.1, -0.05) is 17.7 Å². The molecule has 0 aromatic heterocycles. The fourth-order valence-corrected chi connectivity index (χ4v) is 1.51. The van der Waals surface area contributed by atoms with Gasteiger partial charge in [0.15, 0.2) is 11.6 Å². The van der Waals surface area contributed by atoms with Crippen molar-refractivity contribution in [1.29, 1.82) is 0 Å². The quantitative estimate of drug-likeness (QED) is 0.600. The van der Waals surface area contributed by atoms with Crippen LogP contribution in [0.15, 0.2) is 29.8 Å². The Morgan fingerprint density at radius 1 is 1.31 bits per heavy atom. The van der Waals surface area contributed by atoms with Crippen molar-refractivity contribution in [3.63, 3.8) is 0 Å². The van der Waals surface area contributed by atoms with Crippen LogP contribution < -0.4 is 5.32 Å². The number of hydrogen-bond donors (Lipinski definition) is 1. The molecule has 1 rings (SSSR count). The van der Waals surface area contributed by atoms with Gasteiger partial charge in [-0.2, -0.15) is 0 Å². The molecule has 1 aromatic rings. The predicted molar refractivity (Wildman–Crippen MR) is 62.4 cm³/mol. The Labute approximate surface area is 95.2 Å². The second-order valence-corrected chi connectivity index (χ2v) is 3.87. The van der Waals surface area contributed by atoms with Crippen LogP contribution in [-0.2, 0) is 6.42 Å². The fourth-order valence-electron chi connectivity index (χ4n) is 1.51. The summed E-state index contributed by atoms with van der Waals surface area (Å²) in [5.41, 5.74) is 1.97. The molecule has 0 atom stereocenters. The minimum absolute atomic E-state index is 0.668. The zero-order chi connectivity index (χ0) is 12.0. The van der Waals surface area contributed by atoms with Crippen molar-refractivity contribution in [2.75, 3.05) is 13.6 Å². The maximum atomic E-state index is 12.9. The third-order valence-corrected chi connectivity index (χ3v) is 2.35. The molecule has 0 amide bonds. The van der Waals surface area contributed by atoms with Crippen LogP contribution in [0, 0.1) is 11.6 Å². The van der Waals surface area contributed by atoms with E-state index in [0.717, 1.165) is 18.5 Å². The van der Waals surface area contributed by atoms with Crippen molar-refractivity contribution in [3.8, 4) is 0 Å². The highest BCUT2D eigenvalue weighted by Gasteiger charge is 2.02. The monoisotopic (exact) mass is 225 g/mol. The van der Waals surface area contributed by atoms with Crippen molar-refractivity contribution in [1.82, 2.24) is 5.32 Å². The van der Waals surface area contributed by atoms with E-state index in [1.807, 2.05) is 14.0 Å². The number of nitrogens with one attached hydrogen (secondary N) is 1.